The summed E-state index contributed by atoms with van der Waals surface area (Å²) < 4.78 is 5.63. The molecule has 5 nitrogen and oxygen atoms in total. The monoisotopic (exact) mass is 451 g/mol. The first-order chi connectivity index (χ1) is 16.6. The van der Waals surface area contributed by atoms with E-state index in [4.69, 9.17) is 4.74 Å². The van der Waals surface area contributed by atoms with E-state index >= 15 is 0 Å². The van der Waals surface area contributed by atoms with Crippen molar-refractivity contribution in [3.05, 3.63) is 108 Å². The molecule has 1 aliphatic carbocycles. The summed E-state index contributed by atoms with van der Waals surface area (Å²) in [6, 6.07) is 29.6. The van der Waals surface area contributed by atoms with Crippen LogP contribution in [0.25, 0.3) is 21.9 Å². The molecule has 0 saturated heterocycles. The summed E-state index contributed by atoms with van der Waals surface area (Å²) in [7, 11) is 0. The SMILES string of the molecule is O=C(O)C[C@H](Cc1cccc2ccccc12)NC(=O)OCC1c2ccccc2-c2ccccc21. The number of hydrogen-bond donors (Lipinski definition) is 2. The second-order valence-corrected chi connectivity index (χ2v) is 8.61. The Morgan fingerprint density at radius 2 is 1.44 bits per heavy atom. The van der Waals surface area contributed by atoms with Crippen molar-refractivity contribution in [3.8, 4) is 11.1 Å². The van der Waals surface area contributed by atoms with Crippen molar-refractivity contribution in [3.63, 3.8) is 0 Å². The average Bonchev–Trinajstić information content (AvgIpc) is 3.16. The molecule has 0 aromatic heterocycles. The van der Waals surface area contributed by atoms with E-state index in [1.54, 1.807) is 0 Å². The predicted molar refractivity (Wildman–Crippen MR) is 132 cm³/mol. The number of hydrogen-bond acceptors (Lipinski definition) is 3. The predicted octanol–water partition coefficient (Wildman–Crippen LogP) is 5.76. The standard InChI is InChI=1S/C29H25NO4/c31-28(32)17-21(16-20-10-7-9-19-8-1-2-11-22(19)20)30-29(33)34-18-27-25-14-5-3-12-23(25)24-13-4-6-15-26(24)27/h1-15,21,27H,16-18H2,(H,30,33)(H,31,32)/t21-/m0/s1. The number of carboxylic acid groups (broad SMARTS) is 1. The molecule has 1 amide bonds. The molecule has 0 radical (unpaired) electrons. The van der Waals surface area contributed by atoms with Gasteiger partial charge in [0.15, 0.2) is 0 Å². The van der Waals surface area contributed by atoms with Crippen molar-refractivity contribution < 1.29 is 19.4 Å². The Morgan fingerprint density at radius 3 is 2.15 bits per heavy atom. The first kappa shape index (κ1) is 21.7. The van der Waals surface area contributed by atoms with Crippen LogP contribution in [-0.4, -0.2) is 29.8 Å². The van der Waals surface area contributed by atoms with Crippen LogP contribution in [0.1, 0.15) is 29.0 Å². The minimum Gasteiger partial charge on any atom is -0.481 e. The highest BCUT2D eigenvalue weighted by Crippen LogP contribution is 2.44. The Hall–Kier alpha value is -4.12. The molecule has 0 aliphatic heterocycles. The zero-order chi connectivity index (χ0) is 23.5. The van der Waals surface area contributed by atoms with E-state index in [0.29, 0.717) is 6.42 Å². The summed E-state index contributed by atoms with van der Waals surface area (Å²) in [5.41, 5.74) is 5.57. The molecule has 0 spiro atoms. The summed E-state index contributed by atoms with van der Waals surface area (Å²) in [4.78, 5) is 24.2. The third kappa shape index (κ3) is 4.37. The maximum absolute atomic E-state index is 12.7. The van der Waals surface area contributed by atoms with E-state index in [0.717, 1.165) is 38.6 Å². The molecule has 0 heterocycles. The number of amides is 1. The molecule has 170 valence electrons. The summed E-state index contributed by atoms with van der Waals surface area (Å²) in [6.45, 7) is 0.188. The van der Waals surface area contributed by atoms with Crippen molar-refractivity contribution in [2.24, 2.45) is 0 Å². The van der Waals surface area contributed by atoms with Gasteiger partial charge in [0.2, 0.25) is 0 Å². The fraction of sp³-hybridized carbons (Fsp3) is 0.172. The van der Waals surface area contributed by atoms with Crippen LogP contribution in [0.2, 0.25) is 0 Å². The Labute approximate surface area is 198 Å². The third-order valence-corrected chi connectivity index (χ3v) is 6.43. The highest BCUT2D eigenvalue weighted by atomic mass is 16.5. The van der Waals surface area contributed by atoms with E-state index in [1.165, 1.54) is 0 Å². The highest BCUT2D eigenvalue weighted by Gasteiger charge is 2.29. The fourth-order valence-electron chi connectivity index (χ4n) is 4.93. The number of carbonyl (C=O) groups excluding carboxylic acids is 1. The largest absolute Gasteiger partial charge is 0.481 e. The van der Waals surface area contributed by atoms with E-state index < -0.39 is 18.1 Å². The van der Waals surface area contributed by atoms with Gasteiger partial charge in [0.05, 0.1) is 6.42 Å². The number of ether oxygens (including phenoxy) is 1. The summed E-state index contributed by atoms with van der Waals surface area (Å²) in [5.74, 6) is -1.02. The van der Waals surface area contributed by atoms with Crippen molar-refractivity contribution >= 4 is 22.8 Å². The molecule has 5 heteroatoms. The van der Waals surface area contributed by atoms with Gasteiger partial charge >= 0.3 is 12.1 Å². The number of aliphatic carboxylic acids is 1. The highest BCUT2D eigenvalue weighted by molar-refractivity contribution is 5.86. The van der Waals surface area contributed by atoms with Gasteiger partial charge in [-0.25, -0.2) is 4.79 Å². The van der Waals surface area contributed by atoms with Crippen molar-refractivity contribution in [2.75, 3.05) is 6.61 Å². The first-order valence-corrected chi connectivity index (χ1v) is 11.4. The second kappa shape index (κ2) is 9.40. The van der Waals surface area contributed by atoms with Crippen LogP contribution in [0.5, 0.6) is 0 Å². The molecule has 34 heavy (non-hydrogen) atoms. The molecule has 0 unspecified atom stereocenters. The Kier molecular flexibility index (Phi) is 6.00. The molecule has 1 aliphatic rings. The van der Waals surface area contributed by atoms with Gasteiger partial charge in [0.1, 0.15) is 6.61 Å². The zero-order valence-corrected chi connectivity index (χ0v) is 18.6. The van der Waals surface area contributed by atoms with Gasteiger partial charge in [0.25, 0.3) is 0 Å². The van der Waals surface area contributed by atoms with Gasteiger partial charge in [-0.1, -0.05) is 91.0 Å². The fourth-order valence-corrected chi connectivity index (χ4v) is 4.93. The smallest absolute Gasteiger partial charge is 0.407 e. The molecule has 0 fully saturated rings. The van der Waals surface area contributed by atoms with Crippen LogP contribution in [0, 0.1) is 0 Å². The van der Waals surface area contributed by atoms with Crippen LogP contribution < -0.4 is 5.32 Å². The number of carbonyl (C=O) groups is 2. The maximum atomic E-state index is 12.7. The lowest BCUT2D eigenvalue weighted by molar-refractivity contribution is -0.137. The summed E-state index contributed by atoms with van der Waals surface area (Å²) in [6.07, 6.45) is -0.390. The lowest BCUT2D eigenvalue weighted by atomic mass is 9.97. The minimum absolute atomic E-state index is 0.0471. The van der Waals surface area contributed by atoms with Crippen LogP contribution in [0.3, 0.4) is 0 Å². The van der Waals surface area contributed by atoms with E-state index in [9.17, 15) is 14.7 Å². The number of rotatable bonds is 7. The molecule has 1 atom stereocenters. The Bertz CT molecular complexity index is 1310. The number of fused-ring (bicyclic) bond motifs is 4. The van der Waals surface area contributed by atoms with Crippen LogP contribution in [0.4, 0.5) is 4.79 Å². The van der Waals surface area contributed by atoms with Gasteiger partial charge in [-0.3, -0.25) is 4.79 Å². The van der Waals surface area contributed by atoms with E-state index in [1.807, 2.05) is 66.7 Å². The van der Waals surface area contributed by atoms with Crippen LogP contribution >= 0.6 is 0 Å². The average molecular weight is 452 g/mol. The van der Waals surface area contributed by atoms with Gasteiger partial charge in [0, 0.05) is 12.0 Å². The van der Waals surface area contributed by atoms with Crippen molar-refractivity contribution in [2.45, 2.75) is 24.8 Å². The van der Waals surface area contributed by atoms with E-state index in [-0.39, 0.29) is 18.9 Å². The number of carboxylic acids is 1. The lowest BCUT2D eigenvalue weighted by Crippen LogP contribution is -2.39. The van der Waals surface area contributed by atoms with Crippen molar-refractivity contribution in [1.82, 2.24) is 5.32 Å². The van der Waals surface area contributed by atoms with Gasteiger partial charge < -0.3 is 15.2 Å². The summed E-state index contributed by atoms with van der Waals surface area (Å²) >= 11 is 0. The Balaban J connectivity index is 1.30. The molecule has 0 saturated carbocycles. The quantitative estimate of drug-likeness (QED) is 0.374. The first-order valence-electron chi connectivity index (χ1n) is 11.4. The number of nitrogens with one attached hydrogen (secondary N) is 1. The molecular weight excluding hydrogens is 426 g/mol. The molecule has 4 aromatic rings. The molecule has 5 rings (SSSR count). The van der Waals surface area contributed by atoms with Crippen LogP contribution in [-0.2, 0) is 16.0 Å². The number of benzene rings is 4. The second-order valence-electron chi connectivity index (χ2n) is 8.61. The summed E-state index contributed by atoms with van der Waals surface area (Å²) in [5, 5.41) is 14.3. The lowest BCUT2D eigenvalue weighted by Gasteiger charge is -2.19. The minimum atomic E-state index is -0.968. The molecule has 0 bridgehead atoms. The Morgan fingerprint density at radius 1 is 0.824 bits per heavy atom. The van der Waals surface area contributed by atoms with Gasteiger partial charge in [-0.2, -0.15) is 0 Å². The topological polar surface area (TPSA) is 75.6 Å². The maximum Gasteiger partial charge on any atom is 0.407 e. The molecule has 4 aromatic carbocycles. The normalized spacial score (nSPS) is 13.2. The molecular formula is C29H25NO4. The molecule has 2 N–H and O–H groups in total. The van der Waals surface area contributed by atoms with Crippen LogP contribution in [0.15, 0.2) is 91.0 Å². The van der Waals surface area contributed by atoms with Crippen molar-refractivity contribution in [1.29, 1.82) is 0 Å². The van der Waals surface area contributed by atoms with Gasteiger partial charge in [-0.05, 0) is 45.0 Å². The zero-order valence-electron chi connectivity index (χ0n) is 18.6. The van der Waals surface area contributed by atoms with Gasteiger partial charge in [-0.15, -0.1) is 0 Å². The number of alkyl carbamates (subject to hydrolysis) is 1. The van der Waals surface area contributed by atoms with E-state index in [2.05, 4.69) is 29.6 Å². The third-order valence-electron chi connectivity index (χ3n) is 6.43.